The topological polar surface area (TPSA) is 21.1 Å². The van der Waals surface area contributed by atoms with E-state index in [0.717, 1.165) is 43.3 Å². The maximum Gasteiger partial charge on any atom is 0.153 e. The van der Waals surface area contributed by atoms with E-state index in [-0.39, 0.29) is 0 Å². The molecule has 3 heterocycles. The zero-order chi connectivity index (χ0) is 20.7. The lowest BCUT2D eigenvalue weighted by Gasteiger charge is -2.30. The van der Waals surface area contributed by atoms with Gasteiger partial charge in [-0.15, -0.1) is 0 Å². The number of pyridine rings is 1. The highest BCUT2D eigenvalue weighted by Crippen LogP contribution is 2.35. The van der Waals surface area contributed by atoms with Crippen molar-refractivity contribution in [3.05, 3.63) is 93.8 Å². The number of hydrogen-bond acceptors (Lipinski definition) is 2. The van der Waals surface area contributed by atoms with Gasteiger partial charge in [0.25, 0.3) is 0 Å². The van der Waals surface area contributed by atoms with E-state index in [0.29, 0.717) is 0 Å². The molecule has 0 saturated carbocycles. The molecule has 1 aliphatic heterocycles. The van der Waals surface area contributed by atoms with Crippen LogP contribution >= 0.6 is 11.6 Å². The third-order valence-corrected chi connectivity index (χ3v) is 6.57. The Morgan fingerprint density at radius 1 is 1.03 bits per heavy atom. The predicted molar refractivity (Wildman–Crippen MR) is 126 cm³/mol. The van der Waals surface area contributed by atoms with Crippen molar-refractivity contribution in [1.82, 2.24) is 9.55 Å². The summed E-state index contributed by atoms with van der Waals surface area (Å²) < 4.78 is 2.46. The van der Waals surface area contributed by atoms with Gasteiger partial charge in [-0.25, -0.2) is 4.98 Å². The minimum atomic E-state index is 0.782. The number of hydrogen-bond donors (Lipinski definition) is 0. The van der Waals surface area contributed by atoms with Crippen LogP contribution in [0.3, 0.4) is 0 Å². The maximum absolute atomic E-state index is 6.28. The standard InChI is InChI=1S/C26H26ClN3/c1-3-24-18(2)23-11-13-28-26(29-14-12-20-8-4-5-9-21(20)17-29)25(23)30(24)16-19-7-6-10-22(27)15-19/h4-11,13,15H,3,12,14,16-17H2,1-2H3. The van der Waals surface area contributed by atoms with Gasteiger partial charge in [-0.05, 0) is 60.2 Å². The van der Waals surface area contributed by atoms with Gasteiger partial charge in [-0.1, -0.05) is 54.9 Å². The summed E-state index contributed by atoms with van der Waals surface area (Å²) in [4.78, 5) is 7.33. The summed E-state index contributed by atoms with van der Waals surface area (Å²) in [7, 11) is 0. The number of nitrogens with zero attached hydrogens (tertiary/aromatic N) is 3. The van der Waals surface area contributed by atoms with Crippen molar-refractivity contribution in [3.63, 3.8) is 0 Å². The van der Waals surface area contributed by atoms with Crippen LogP contribution < -0.4 is 4.90 Å². The zero-order valence-electron chi connectivity index (χ0n) is 17.5. The summed E-state index contributed by atoms with van der Waals surface area (Å²) >= 11 is 6.28. The van der Waals surface area contributed by atoms with Crippen molar-refractivity contribution in [2.75, 3.05) is 11.4 Å². The maximum atomic E-state index is 6.28. The van der Waals surface area contributed by atoms with Gasteiger partial charge in [-0.2, -0.15) is 0 Å². The number of rotatable bonds is 4. The molecule has 0 fully saturated rings. The van der Waals surface area contributed by atoms with E-state index in [1.54, 1.807) is 0 Å². The molecule has 2 aromatic heterocycles. The normalized spacial score (nSPS) is 13.6. The molecule has 0 N–H and O–H groups in total. The molecule has 0 saturated heterocycles. The van der Waals surface area contributed by atoms with Gasteiger partial charge in [0, 0.05) is 41.9 Å². The summed E-state index contributed by atoms with van der Waals surface area (Å²) in [6.45, 7) is 7.18. The number of aromatic nitrogens is 2. The lowest BCUT2D eigenvalue weighted by Crippen LogP contribution is -2.31. The highest BCUT2D eigenvalue weighted by Gasteiger charge is 2.23. The number of aryl methyl sites for hydroxylation is 1. The molecule has 4 aromatic rings. The van der Waals surface area contributed by atoms with Crippen LogP contribution in [0.4, 0.5) is 5.82 Å². The molecule has 0 aliphatic carbocycles. The molecule has 5 rings (SSSR count). The molecular weight excluding hydrogens is 390 g/mol. The van der Waals surface area contributed by atoms with E-state index in [1.165, 1.54) is 38.9 Å². The van der Waals surface area contributed by atoms with Gasteiger partial charge in [0.15, 0.2) is 5.82 Å². The van der Waals surface area contributed by atoms with Crippen LogP contribution in [0.2, 0.25) is 5.02 Å². The largest absolute Gasteiger partial charge is 0.350 e. The van der Waals surface area contributed by atoms with E-state index in [9.17, 15) is 0 Å². The molecule has 0 amide bonds. The molecule has 0 atom stereocenters. The minimum absolute atomic E-state index is 0.782. The quantitative estimate of drug-likeness (QED) is 0.397. The van der Waals surface area contributed by atoms with Crippen LogP contribution in [0, 0.1) is 6.92 Å². The molecule has 0 radical (unpaired) electrons. The average Bonchev–Trinajstić information content (AvgIpc) is 3.04. The molecule has 4 heteroatoms. The Balaban J connectivity index is 1.65. The van der Waals surface area contributed by atoms with Crippen molar-refractivity contribution in [1.29, 1.82) is 0 Å². The van der Waals surface area contributed by atoms with E-state index in [4.69, 9.17) is 16.6 Å². The second-order valence-corrected chi connectivity index (χ2v) is 8.55. The first-order valence-electron chi connectivity index (χ1n) is 10.7. The first-order valence-corrected chi connectivity index (χ1v) is 11.1. The van der Waals surface area contributed by atoms with Crippen LogP contribution in [0.1, 0.15) is 34.9 Å². The molecule has 30 heavy (non-hydrogen) atoms. The smallest absolute Gasteiger partial charge is 0.153 e. The van der Waals surface area contributed by atoms with Crippen molar-refractivity contribution in [2.45, 2.75) is 39.8 Å². The molecular formula is C26H26ClN3. The Morgan fingerprint density at radius 3 is 2.67 bits per heavy atom. The molecule has 152 valence electrons. The van der Waals surface area contributed by atoms with Crippen LogP contribution in [-0.4, -0.2) is 16.1 Å². The predicted octanol–water partition coefficient (Wildman–Crippen LogP) is 6.17. The Hall–Kier alpha value is -2.78. The first kappa shape index (κ1) is 19.2. The van der Waals surface area contributed by atoms with Crippen LogP contribution in [0.25, 0.3) is 10.9 Å². The average molecular weight is 416 g/mol. The third-order valence-electron chi connectivity index (χ3n) is 6.33. The van der Waals surface area contributed by atoms with Gasteiger partial charge in [0.2, 0.25) is 0 Å². The fraction of sp³-hybridized carbons (Fsp3) is 0.269. The van der Waals surface area contributed by atoms with Crippen molar-refractivity contribution in [3.8, 4) is 0 Å². The zero-order valence-corrected chi connectivity index (χ0v) is 18.3. The van der Waals surface area contributed by atoms with E-state index in [1.807, 2.05) is 18.3 Å². The van der Waals surface area contributed by atoms with Gasteiger partial charge >= 0.3 is 0 Å². The summed E-state index contributed by atoms with van der Waals surface area (Å²) in [6.07, 6.45) is 4.01. The Labute approximate surface area is 182 Å². The molecule has 0 bridgehead atoms. The van der Waals surface area contributed by atoms with Crippen LogP contribution in [-0.2, 0) is 25.9 Å². The van der Waals surface area contributed by atoms with Crippen LogP contribution in [0.5, 0.6) is 0 Å². The molecule has 1 aliphatic rings. The molecule has 0 unspecified atom stereocenters. The van der Waals surface area contributed by atoms with E-state index < -0.39 is 0 Å². The summed E-state index contributed by atoms with van der Waals surface area (Å²) in [5.41, 5.74) is 8.05. The highest BCUT2D eigenvalue weighted by molar-refractivity contribution is 6.30. The van der Waals surface area contributed by atoms with Crippen molar-refractivity contribution >= 4 is 28.3 Å². The fourth-order valence-electron chi connectivity index (χ4n) is 4.86. The van der Waals surface area contributed by atoms with Crippen molar-refractivity contribution in [2.24, 2.45) is 0 Å². The van der Waals surface area contributed by atoms with Gasteiger partial charge in [0.1, 0.15) is 0 Å². The second kappa shape index (κ2) is 7.81. The lowest BCUT2D eigenvalue weighted by atomic mass is 10.00. The SMILES string of the molecule is CCc1c(C)c2ccnc(N3CCc4ccccc4C3)c2n1Cc1cccc(Cl)c1. The Morgan fingerprint density at radius 2 is 1.87 bits per heavy atom. The molecule has 3 nitrogen and oxygen atoms in total. The monoisotopic (exact) mass is 415 g/mol. The second-order valence-electron chi connectivity index (χ2n) is 8.11. The minimum Gasteiger partial charge on any atom is -0.350 e. The first-order chi connectivity index (χ1) is 14.7. The van der Waals surface area contributed by atoms with Crippen molar-refractivity contribution < 1.29 is 0 Å². The lowest BCUT2D eigenvalue weighted by molar-refractivity contribution is 0.715. The molecule has 2 aromatic carbocycles. The van der Waals surface area contributed by atoms with Gasteiger partial charge in [0.05, 0.1) is 5.52 Å². The number of anilines is 1. The fourth-order valence-corrected chi connectivity index (χ4v) is 5.07. The number of benzene rings is 2. The van der Waals surface area contributed by atoms with E-state index >= 15 is 0 Å². The third kappa shape index (κ3) is 3.27. The summed E-state index contributed by atoms with van der Waals surface area (Å²) in [5, 5.41) is 2.09. The highest BCUT2D eigenvalue weighted by atomic mass is 35.5. The summed E-state index contributed by atoms with van der Waals surface area (Å²) in [5.74, 6) is 1.09. The molecule has 0 spiro atoms. The van der Waals surface area contributed by atoms with Crippen LogP contribution in [0.15, 0.2) is 60.8 Å². The summed E-state index contributed by atoms with van der Waals surface area (Å²) in [6, 6.07) is 19.1. The number of halogens is 1. The van der Waals surface area contributed by atoms with E-state index in [2.05, 4.69) is 65.8 Å². The Kier molecular flexibility index (Phi) is 5.00. The Bertz CT molecular complexity index is 1220. The van der Waals surface area contributed by atoms with Gasteiger partial charge < -0.3 is 9.47 Å². The van der Waals surface area contributed by atoms with Gasteiger partial charge in [-0.3, -0.25) is 0 Å². The number of fused-ring (bicyclic) bond motifs is 2.